The number of rotatable bonds is 8. The molecule has 0 aliphatic carbocycles. The summed E-state index contributed by atoms with van der Waals surface area (Å²) in [7, 11) is -3.69. The van der Waals surface area contributed by atoms with Crippen LogP contribution in [0.15, 0.2) is 47.4 Å². The van der Waals surface area contributed by atoms with Gasteiger partial charge in [-0.05, 0) is 67.0 Å². The predicted octanol–water partition coefficient (Wildman–Crippen LogP) is 4.76. The third-order valence-corrected chi connectivity index (χ3v) is 8.37. The molecule has 33 heavy (non-hydrogen) atoms. The second-order valence-electron chi connectivity index (χ2n) is 9.56. The molecule has 4 rings (SSSR count). The maximum atomic E-state index is 13.8. The topological polar surface area (TPSA) is 61.9 Å². The van der Waals surface area contributed by atoms with E-state index in [0.29, 0.717) is 23.0 Å². The first-order chi connectivity index (χ1) is 15.9. The first kappa shape index (κ1) is 23.9. The first-order valence-corrected chi connectivity index (χ1v) is 13.6. The number of benzene rings is 2. The van der Waals surface area contributed by atoms with Crippen molar-refractivity contribution < 1.29 is 13.2 Å². The Labute approximate surface area is 199 Å². The van der Waals surface area contributed by atoms with E-state index in [0.717, 1.165) is 63.5 Å². The normalized spacial score (nSPS) is 17.0. The summed E-state index contributed by atoms with van der Waals surface area (Å²) in [6.45, 7) is 11.0. The maximum Gasteiger partial charge on any atom is 0.264 e. The summed E-state index contributed by atoms with van der Waals surface area (Å²) in [6.07, 6.45) is 3.11. The number of sulfonamides is 1. The molecule has 0 bridgehead atoms. The molecule has 2 aromatic carbocycles. The van der Waals surface area contributed by atoms with Crippen LogP contribution in [0.1, 0.15) is 39.2 Å². The Morgan fingerprint density at radius 2 is 1.85 bits per heavy atom. The Morgan fingerprint density at radius 3 is 2.52 bits per heavy atom. The summed E-state index contributed by atoms with van der Waals surface area (Å²) in [5, 5.41) is 3.43. The number of anilines is 3. The van der Waals surface area contributed by atoms with Gasteiger partial charge in [0.15, 0.2) is 0 Å². The molecule has 0 aromatic heterocycles. The molecule has 0 atom stereocenters. The minimum atomic E-state index is -3.69. The lowest BCUT2D eigenvalue weighted by Gasteiger charge is -2.36. The van der Waals surface area contributed by atoms with Crippen molar-refractivity contribution in [3.05, 3.63) is 48.0 Å². The fraction of sp³-hybridized carbons (Fsp3) is 0.538. The second kappa shape index (κ2) is 10.3. The van der Waals surface area contributed by atoms with E-state index in [4.69, 9.17) is 4.74 Å². The van der Waals surface area contributed by atoms with Gasteiger partial charge >= 0.3 is 0 Å². The highest BCUT2D eigenvalue weighted by molar-refractivity contribution is 7.92. The Hall–Kier alpha value is -2.25. The summed E-state index contributed by atoms with van der Waals surface area (Å²) in [5.41, 5.74) is 3.91. The SMILES string of the molecule is CCc1ccc(N(CC(C)C)S(=O)(=O)c2ccc3c(c2)NCCN3CC2CCOCC2)cc1. The molecular formula is C26H37N3O3S. The predicted molar refractivity (Wildman–Crippen MR) is 136 cm³/mol. The van der Waals surface area contributed by atoms with Crippen LogP contribution in [0.5, 0.6) is 0 Å². The Kier molecular flexibility index (Phi) is 7.49. The van der Waals surface area contributed by atoms with Crippen LogP contribution in [0.25, 0.3) is 0 Å². The van der Waals surface area contributed by atoms with Gasteiger partial charge in [0.25, 0.3) is 10.0 Å². The lowest BCUT2D eigenvalue weighted by Crippen LogP contribution is -2.39. The highest BCUT2D eigenvalue weighted by Crippen LogP contribution is 2.35. The highest BCUT2D eigenvalue weighted by atomic mass is 32.2. The second-order valence-corrected chi connectivity index (χ2v) is 11.4. The van der Waals surface area contributed by atoms with E-state index in [9.17, 15) is 8.42 Å². The Balaban J connectivity index is 1.62. The van der Waals surface area contributed by atoms with Crippen molar-refractivity contribution in [1.82, 2.24) is 0 Å². The quantitative estimate of drug-likeness (QED) is 0.602. The average Bonchev–Trinajstić information content (AvgIpc) is 2.83. The van der Waals surface area contributed by atoms with Gasteiger partial charge in [-0.25, -0.2) is 8.42 Å². The molecule has 2 aliphatic rings. The van der Waals surface area contributed by atoms with Crippen LogP contribution in [0.2, 0.25) is 0 Å². The molecule has 0 amide bonds. The van der Waals surface area contributed by atoms with Gasteiger partial charge in [-0.15, -0.1) is 0 Å². The molecule has 180 valence electrons. The van der Waals surface area contributed by atoms with Crippen molar-refractivity contribution in [1.29, 1.82) is 0 Å². The monoisotopic (exact) mass is 471 g/mol. The molecule has 0 radical (unpaired) electrons. The van der Waals surface area contributed by atoms with Crippen LogP contribution in [0.4, 0.5) is 17.1 Å². The van der Waals surface area contributed by atoms with Crippen molar-refractivity contribution in [2.24, 2.45) is 11.8 Å². The first-order valence-electron chi connectivity index (χ1n) is 12.2. The van der Waals surface area contributed by atoms with E-state index in [1.807, 2.05) is 50.2 Å². The number of hydrogen-bond acceptors (Lipinski definition) is 5. The van der Waals surface area contributed by atoms with Gasteiger partial charge in [-0.2, -0.15) is 0 Å². The zero-order chi connectivity index (χ0) is 23.4. The van der Waals surface area contributed by atoms with Crippen molar-refractivity contribution >= 4 is 27.1 Å². The molecule has 6 nitrogen and oxygen atoms in total. The van der Waals surface area contributed by atoms with Crippen LogP contribution in [-0.4, -0.2) is 47.8 Å². The van der Waals surface area contributed by atoms with Crippen molar-refractivity contribution in [3.8, 4) is 0 Å². The van der Waals surface area contributed by atoms with Crippen molar-refractivity contribution in [2.45, 2.75) is 44.9 Å². The standard InChI is InChI=1S/C26H37N3O3S/c1-4-21-5-7-23(8-6-21)29(18-20(2)3)33(30,31)24-9-10-26-25(17-24)27-13-14-28(26)19-22-11-15-32-16-12-22/h5-10,17,20,22,27H,4,11-16,18-19H2,1-3H3. The molecule has 1 saturated heterocycles. The van der Waals surface area contributed by atoms with Gasteiger partial charge in [0, 0.05) is 39.4 Å². The molecule has 0 unspecified atom stereocenters. The number of nitrogens with one attached hydrogen (secondary N) is 1. The maximum absolute atomic E-state index is 13.8. The number of fused-ring (bicyclic) bond motifs is 1. The van der Waals surface area contributed by atoms with Crippen LogP contribution in [0.3, 0.4) is 0 Å². The van der Waals surface area contributed by atoms with E-state index < -0.39 is 10.0 Å². The van der Waals surface area contributed by atoms with Crippen molar-refractivity contribution in [3.63, 3.8) is 0 Å². The minimum absolute atomic E-state index is 0.205. The van der Waals surface area contributed by atoms with E-state index in [1.165, 1.54) is 5.56 Å². The number of hydrogen-bond donors (Lipinski definition) is 1. The molecule has 2 heterocycles. The lowest BCUT2D eigenvalue weighted by molar-refractivity contribution is 0.0682. The van der Waals surface area contributed by atoms with Gasteiger partial charge < -0.3 is 15.0 Å². The van der Waals surface area contributed by atoms with Gasteiger partial charge in [0.1, 0.15) is 0 Å². The van der Waals surface area contributed by atoms with E-state index in [1.54, 1.807) is 10.4 Å². The number of nitrogens with zero attached hydrogens (tertiary/aromatic N) is 2. The molecule has 0 spiro atoms. The number of ether oxygens (including phenoxy) is 1. The summed E-state index contributed by atoms with van der Waals surface area (Å²) in [6, 6.07) is 13.4. The van der Waals surface area contributed by atoms with E-state index >= 15 is 0 Å². The van der Waals surface area contributed by atoms with Gasteiger partial charge in [0.2, 0.25) is 0 Å². The molecular weight excluding hydrogens is 434 g/mol. The molecule has 1 fully saturated rings. The van der Waals surface area contributed by atoms with Crippen LogP contribution >= 0.6 is 0 Å². The van der Waals surface area contributed by atoms with E-state index in [2.05, 4.69) is 17.1 Å². The van der Waals surface area contributed by atoms with Crippen LogP contribution in [-0.2, 0) is 21.2 Å². The fourth-order valence-electron chi connectivity index (χ4n) is 4.67. The van der Waals surface area contributed by atoms with Crippen molar-refractivity contribution in [2.75, 3.05) is 53.9 Å². The van der Waals surface area contributed by atoms with Gasteiger partial charge in [-0.3, -0.25) is 4.31 Å². The molecule has 0 saturated carbocycles. The lowest BCUT2D eigenvalue weighted by atomic mass is 9.99. The third-order valence-electron chi connectivity index (χ3n) is 6.58. The molecule has 7 heteroatoms. The summed E-state index contributed by atoms with van der Waals surface area (Å²) in [4.78, 5) is 2.73. The van der Waals surface area contributed by atoms with E-state index in [-0.39, 0.29) is 5.92 Å². The van der Waals surface area contributed by atoms with Gasteiger partial charge in [-0.1, -0.05) is 32.9 Å². The summed E-state index contributed by atoms with van der Waals surface area (Å²) < 4.78 is 34.6. The zero-order valence-electron chi connectivity index (χ0n) is 20.1. The average molecular weight is 472 g/mol. The largest absolute Gasteiger partial charge is 0.382 e. The fourth-order valence-corrected chi connectivity index (χ4v) is 6.32. The molecule has 2 aliphatic heterocycles. The van der Waals surface area contributed by atoms with Crippen LogP contribution in [0, 0.1) is 11.8 Å². The number of aryl methyl sites for hydroxylation is 1. The van der Waals surface area contributed by atoms with Crippen LogP contribution < -0.4 is 14.5 Å². The smallest absolute Gasteiger partial charge is 0.264 e. The third kappa shape index (κ3) is 5.46. The molecule has 1 N–H and O–H groups in total. The highest BCUT2D eigenvalue weighted by Gasteiger charge is 2.28. The van der Waals surface area contributed by atoms with Gasteiger partial charge in [0.05, 0.1) is 22.0 Å². The minimum Gasteiger partial charge on any atom is -0.382 e. The summed E-state index contributed by atoms with van der Waals surface area (Å²) >= 11 is 0. The zero-order valence-corrected chi connectivity index (χ0v) is 20.9. The summed E-state index contributed by atoms with van der Waals surface area (Å²) in [5.74, 6) is 0.831. The Bertz CT molecular complexity index is 1030. The Morgan fingerprint density at radius 1 is 1.12 bits per heavy atom. The molecule has 2 aromatic rings.